The second kappa shape index (κ2) is 10.0. The van der Waals surface area contributed by atoms with Gasteiger partial charge in [0, 0.05) is 38.4 Å². The number of hydrogen-bond donors (Lipinski definition) is 2. The van der Waals surface area contributed by atoms with Crippen LogP contribution >= 0.6 is 23.2 Å². The van der Waals surface area contributed by atoms with Gasteiger partial charge in [-0.3, -0.25) is 4.90 Å². The van der Waals surface area contributed by atoms with Crippen molar-refractivity contribution < 1.29 is 27.4 Å². The molecule has 0 spiro atoms. The number of halogens is 5. The summed E-state index contributed by atoms with van der Waals surface area (Å²) in [6.45, 7) is 0. The molecule has 1 aliphatic carbocycles. The highest BCUT2D eigenvalue weighted by molar-refractivity contribution is 6.33. The lowest BCUT2D eigenvalue weighted by Gasteiger charge is -2.30. The second-order valence-electron chi connectivity index (χ2n) is 6.98. The first-order valence-electron chi connectivity index (χ1n) is 9.52. The fourth-order valence-corrected chi connectivity index (χ4v) is 3.33. The van der Waals surface area contributed by atoms with Gasteiger partial charge < -0.3 is 20.1 Å². The highest BCUT2D eigenvalue weighted by Crippen LogP contribution is 2.37. The molecule has 0 aliphatic heterocycles. The number of urea groups is 1. The predicted octanol–water partition coefficient (Wildman–Crippen LogP) is 4.75. The van der Waals surface area contributed by atoms with E-state index >= 15 is 0 Å². The number of hydrogen-bond acceptors (Lipinski definition) is 7. The van der Waals surface area contributed by atoms with E-state index in [1.807, 2.05) is 0 Å². The highest BCUT2D eigenvalue weighted by atomic mass is 35.5. The Balaban J connectivity index is 1.74. The zero-order valence-corrected chi connectivity index (χ0v) is 19.6. The summed E-state index contributed by atoms with van der Waals surface area (Å²) < 4.78 is 48.5. The van der Waals surface area contributed by atoms with Crippen LogP contribution in [0.1, 0.15) is 12.1 Å². The first kappa shape index (κ1) is 25.5. The van der Waals surface area contributed by atoms with Gasteiger partial charge >= 0.3 is 12.2 Å². The standard InChI is InChI=1S/C20H19Cl2F3N6O3/c1-31(18(32)30-12-7-19(22,34-3)8-13(33-2)17(12)21)16-6-15(27-10-28-16)29-11-4-5-14(26-9-11)20(23,24)25/h4-6,8-10H,7H2,1-3H3,(H,30,32)(H,27,28,29). The van der Waals surface area contributed by atoms with Crippen molar-refractivity contribution in [3.8, 4) is 0 Å². The summed E-state index contributed by atoms with van der Waals surface area (Å²) in [6.07, 6.45) is -0.776. The Morgan fingerprint density at radius 3 is 2.56 bits per heavy atom. The molecule has 1 aliphatic rings. The van der Waals surface area contributed by atoms with Gasteiger partial charge in [0.2, 0.25) is 0 Å². The third kappa shape index (κ3) is 5.88. The lowest BCUT2D eigenvalue weighted by atomic mass is 10.1. The Morgan fingerprint density at radius 1 is 1.24 bits per heavy atom. The van der Waals surface area contributed by atoms with Gasteiger partial charge in [-0.25, -0.2) is 19.7 Å². The first-order chi connectivity index (χ1) is 16.0. The number of ether oxygens (including phenoxy) is 2. The number of methoxy groups -OCH3 is 2. The second-order valence-corrected chi connectivity index (χ2v) is 8.00. The summed E-state index contributed by atoms with van der Waals surface area (Å²) in [6, 6.07) is 2.88. The van der Waals surface area contributed by atoms with Crippen LogP contribution in [0.4, 0.5) is 35.3 Å². The third-order valence-corrected chi connectivity index (χ3v) is 5.50. The number of anilines is 3. The molecule has 1 unspecified atom stereocenters. The molecule has 2 aromatic rings. The van der Waals surface area contributed by atoms with Crippen molar-refractivity contribution in [1.29, 1.82) is 0 Å². The normalized spacial score (nSPS) is 18.3. The van der Waals surface area contributed by atoms with Crippen molar-refractivity contribution in [2.45, 2.75) is 17.7 Å². The van der Waals surface area contributed by atoms with Crippen molar-refractivity contribution in [1.82, 2.24) is 20.3 Å². The zero-order valence-electron chi connectivity index (χ0n) is 18.1. The number of carbonyl (C=O) groups excluding carboxylic acids is 1. The summed E-state index contributed by atoms with van der Waals surface area (Å²) in [5, 5.41) is 4.38. The van der Waals surface area contributed by atoms with E-state index in [2.05, 4.69) is 25.6 Å². The molecule has 2 aromatic heterocycles. The third-order valence-electron chi connectivity index (χ3n) is 4.69. The highest BCUT2D eigenvalue weighted by Gasteiger charge is 2.35. The smallest absolute Gasteiger partial charge is 0.433 e. The van der Waals surface area contributed by atoms with E-state index < -0.39 is 23.0 Å². The Labute approximate surface area is 202 Å². The topological polar surface area (TPSA) is 102 Å². The average molecular weight is 519 g/mol. The maximum atomic E-state index is 12.8. The van der Waals surface area contributed by atoms with Gasteiger partial charge in [0.1, 0.15) is 34.4 Å². The monoisotopic (exact) mass is 518 g/mol. The summed E-state index contributed by atoms with van der Waals surface area (Å²) >= 11 is 12.7. The fourth-order valence-electron chi connectivity index (χ4n) is 2.86. The molecule has 2 heterocycles. The Kier molecular flexibility index (Phi) is 7.54. The molecule has 2 amide bonds. The van der Waals surface area contributed by atoms with Crippen molar-refractivity contribution in [2.75, 3.05) is 31.5 Å². The predicted molar refractivity (Wildman–Crippen MR) is 120 cm³/mol. The molecular formula is C20H19Cl2F3N6O3. The summed E-state index contributed by atoms with van der Waals surface area (Å²) in [7, 11) is 4.26. The van der Waals surface area contributed by atoms with E-state index in [-0.39, 0.29) is 40.2 Å². The molecule has 34 heavy (non-hydrogen) atoms. The summed E-state index contributed by atoms with van der Waals surface area (Å²) in [5.74, 6) is 0.653. The molecule has 0 saturated heterocycles. The average Bonchev–Trinajstić information content (AvgIpc) is 2.80. The SMILES string of the molecule is COC1=CC(Cl)(OC)CC(NC(=O)N(C)c2cc(Nc3ccc(C(F)(F)F)nc3)ncn2)=C1Cl. The van der Waals surface area contributed by atoms with Crippen LogP contribution in [-0.4, -0.2) is 47.3 Å². The lowest BCUT2D eigenvalue weighted by molar-refractivity contribution is -0.141. The number of alkyl halides is 4. The summed E-state index contributed by atoms with van der Waals surface area (Å²) in [4.78, 5) is 25.5. The zero-order chi connectivity index (χ0) is 25.1. The number of aromatic nitrogens is 3. The molecule has 3 rings (SSSR count). The Morgan fingerprint density at radius 2 is 1.97 bits per heavy atom. The van der Waals surface area contributed by atoms with E-state index in [4.69, 9.17) is 32.7 Å². The Hall–Kier alpha value is -3.09. The molecule has 182 valence electrons. The number of allylic oxidation sites excluding steroid dienone is 1. The minimum atomic E-state index is -4.54. The van der Waals surface area contributed by atoms with Crippen LogP contribution in [0.2, 0.25) is 0 Å². The number of nitrogens with one attached hydrogen (secondary N) is 2. The van der Waals surface area contributed by atoms with Crippen LogP contribution in [0.15, 0.2) is 53.3 Å². The molecule has 2 N–H and O–H groups in total. The molecular weight excluding hydrogens is 500 g/mol. The van der Waals surface area contributed by atoms with E-state index in [1.165, 1.54) is 50.7 Å². The van der Waals surface area contributed by atoms with Gasteiger partial charge in [0.25, 0.3) is 0 Å². The summed E-state index contributed by atoms with van der Waals surface area (Å²) in [5.41, 5.74) is -0.479. The number of pyridine rings is 1. The van der Waals surface area contributed by atoms with Gasteiger partial charge in [-0.2, -0.15) is 13.2 Å². The minimum absolute atomic E-state index is 0.0633. The van der Waals surface area contributed by atoms with Crippen molar-refractivity contribution >= 4 is 46.6 Å². The van der Waals surface area contributed by atoms with Crippen LogP contribution in [0.5, 0.6) is 0 Å². The van der Waals surface area contributed by atoms with Crippen molar-refractivity contribution in [2.24, 2.45) is 0 Å². The fraction of sp³-hybridized carbons (Fsp3) is 0.300. The van der Waals surface area contributed by atoms with Gasteiger partial charge in [0.15, 0.2) is 5.06 Å². The van der Waals surface area contributed by atoms with Crippen molar-refractivity contribution in [3.63, 3.8) is 0 Å². The lowest BCUT2D eigenvalue weighted by Crippen LogP contribution is -2.40. The van der Waals surface area contributed by atoms with Crippen LogP contribution in [-0.2, 0) is 15.7 Å². The maximum Gasteiger partial charge on any atom is 0.433 e. The molecule has 1 atom stereocenters. The van der Waals surface area contributed by atoms with Crippen LogP contribution in [0, 0.1) is 0 Å². The molecule has 14 heteroatoms. The number of carbonyl (C=O) groups is 1. The number of rotatable bonds is 6. The minimum Gasteiger partial charge on any atom is -0.495 e. The van der Waals surface area contributed by atoms with Crippen LogP contribution < -0.4 is 15.5 Å². The van der Waals surface area contributed by atoms with Crippen LogP contribution in [0.25, 0.3) is 0 Å². The molecule has 9 nitrogen and oxygen atoms in total. The van der Waals surface area contributed by atoms with Gasteiger partial charge in [-0.1, -0.05) is 23.2 Å². The molecule has 0 fully saturated rings. The molecule has 0 bridgehead atoms. The van der Waals surface area contributed by atoms with E-state index in [1.54, 1.807) is 0 Å². The van der Waals surface area contributed by atoms with Gasteiger partial charge in [0.05, 0.1) is 19.0 Å². The number of amides is 2. The van der Waals surface area contributed by atoms with Gasteiger partial charge in [-0.05, 0) is 12.1 Å². The Bertz CT molecular complexity index is 1130. The quantitative estimate of drug-likeness (QED) is 0.532. The first-order valence-corrected chi connectivity index (χ1v) is 10.3. The van der Waals surface area contributed by atoms with E-state index in [9.17, 15) is 18.0 Å². The number of nitrogens with zero attached hydrogens (tertiary/aromatic N) is 4. The van der Waals surface area contributed by atoms with Crippen molar-refractivity contribution in [3.05, 3.63) is 59.0 Å². The van der Waals surface area contributed by atoms with Gasteiger partial charge in [-0.15, -0.1) is 0 Å². The molecule has 0 saturated carbocycles. The maximum absolute atomic E-state index is 12.8. The molecule has 0 aromatic carbocycles. The van der Waals surface area contributed by atoms with E-state index in [0.29, 0.717) is 0 Å². The molecule has 0 radical (unpaired) electrons. The largest absolute Gasteiger partial charge is 0.495 e. The van der Waals surface area contributed by atoms with E-state index in [0.717, 1.165) is 12.3 Å². The van der Waals surface area contributed by atoms with Crippen LogP contribution in [0.3, 0.4) is 0 Å².